The minimum absolute atomic E-state index is 0.0159. The van der Waals surface area contributed by atoms with Gasteiger partial charge in [0, 0.05) is 48.9 Å². The van der Waals surface area contributed by atoms with Crippen LogP contribution < -0.4 is 4.74 Å². The molecule has 1 aliphatic rings. The Labute approximate surface area is 168 Å². The van der Waals surface area contributed by atoms with E-state index in [1.807, 2.05) is 59.0 Å². The molecule has 0 atom stereocenters. The third-order valence-corrected chi connectivity index (χ3v) is 5.49. The van der Waals surface area contributed by atoms with E-state index in [9.17, 15) is 4.79 Å². The van der Waals surface area contributed by atoms with Gasteiger partial charge in [0.1, 0.15) is 17.5 Å². The van der Waals surface area contributed by atoms with Crippen molar-refractivity contribution in [3.63, 3.8) is 0 Å². The summed E-state index contributed by atoms with van der Waals surface area (Å²) in [6.45, 7) is 1.31. The van der Waals surface area contributed by atoms with Gasteiger partial charge in [0.25, 0.3) is 5.91 Å². The zero-order valence-corrected chi connectivity index (χ0v) is 16.3. The number of fused-ring (bicyclic) bond motifs is 1. The van der Waals surface area contributed by atoms with Gasteiger partial charge in [0.05, 0.1) is 11.6 Å². The molecule has 1 saturated heterocycles. The molecule has 0 radical (unpaired) electrons. The zero-order valence-electron chi connectivity index (χ0n) is 15.6. The van der Waals surface area contributed by atoms with Crippen molar-refractivity contribution in [3.05, 3.63) is 64.8 Å². The van der Waals surface area contributed by atoms with Gasteiger partial charge in [0.2, 0.25) is 0 Å². The second kappa shape index (κ2) is 7.57. The van der Waals surface area contributed by atoms with Crippen LogP contribution in [0.5, 0.6) is 5.75 Å². The van der Waals surface area contributed by atoms with Crippen molar-refractivity contribution < 1.29 is 9.53 Å². The lowest BCUT2D eigenvalue weighted by Crippen LogP contribution is -2.42. The van der Waals surface area contributed by atoms with Crippen LogP contribution >= 0.6 is 11.6 Å². The van der Waals surface area contributed by atoms with Crippen molar-refractivity contribution in [2.75, 3.05) is 13.1 Å². The highest BCUT2D eigenvalue weighted by molar-refractivity contribution is 6.30. The molecule has 0 aliphatic carbocycles. The number of likely N-dealkylation sites (tertiary alicyclic amines) is 1. The van der Waals surface area contributed by atoms with Gasteiger partial charge in [-0.3, -0.25) is 4.79 Å². The molecular weight excluding hydrogens is 374 g/mol. The largest absolute Gasteiger partial charge is 0.490 e. The van der Waals surface area contributed by atoms with Gasteiger partial charge in [0.15, 0.2) is 0 Å². The smallest absolute Gasteiger partial charge is 0.270 e. The van der Waals surface area contributed by atoms with Gasteiger partial charge in [-0.2, -0.15) is 5.26 Å². The summed E-state index contributed by atoms with van der Waals surface area (Å²) >= 11 is 5.91. The van der Waals surface area contributed by atoms with Crippen LogP contribution in [0, 0.1) is 11.3 Å². The number of piperidine rings is 1. The quantitative estimate of drug-likeness (QED) is 0.663. The first-order valence-electron chi connectivity index (χ1n) is 9.26. The van der Waals surface area contributed by atoms with Gasteiger partial charge >= 0.3 is 0 Å². The molecule has 3 aromatic rings. The number of aryl methyl sites for hydroxylation is 1. The summed E-state index contributed by atoms with van der Waals surface area (Å²) in [4.78, 5) is 14.9. The molecule has 1 aromatic heterocycles. The Morgan fingerprint density at radius 1 is 1.14 bits per heavy atom. The number of hydrogen-bond donors (Lipinski definition) is 0. The predicted molar refractivity (Wildman–Crippen MR) is 109 cm³/mol. The summed E-state index contributed by atoms with van der Waals surface area (Å²) in [6, 6.07) is 16.8. The molecule has 2 aromatic carbocycles. The summed E-state index contributed by atoms with van der Waals surface area (Å²) in [5, 5.41) is 10.7. The fourth-order valence-corrected chi connectivity index (χ4v) is 3.79. The number of carbonyl (C=O) groups excluding carboxylic acids is 1. The highest BCUT2D eigenvalue weighted by atomic mass is 35.5. The maximum atomic E-state index is 13.0. The van der Waals surface area contributed by atoms with E-state index in [4.69, 9.17) is 21.6 Å². The van der Waals surface area contributed by atoms with Crippen molar-refractivity contribution >= 4 is 28.4 Å². The van der Waals surface area contributed by atoms with Crippen LogP contribution in [0.2, 0.25) is 5.02 Å². The lowest BCUT2D eigenvalue weighted by molar-refractivity contribution is 0.0587. The molecule has 4 rings (SSSR count). The minimum Gasteiger partial charge on any atom is -0.490 e. The van der Waals surface area contributed by atoms with Crippen LogP contribution in [0.4, 0.5) is 0 Å². The molecule has 5 nitrogen and oxygen atoms in total. The van der Waals surface area contributed by atoms with E-state index in [-0.39, 0.29) is 12.0 Å². The Bertz CT molecular complexity index is 1060. The molecule has 6 heteroatoms. The SMILES string of the molecule is Cn1c(C(=O)N2CCC(Oc3ccc(Cl)cc3)CC2)cc2cc(C#N)ccc21. The number of nitriles is 1. The Kier molecular flexibility index (Phi) is 4.97. The maximum Gasteiger partial charge on any atom is 0.270 e. The standard InChI is InChI=1S/C22H20ClN3O2/c1-25-20-7-2-15(14-24)12-16(20)13-21(25)22(27)26-10-8-19(9-11-26)28-18-5-3-17(23)4-6-18/h2-7,12-13,19H,8-11H2,1H3. The number of hydrogen-bond acceptors (Lipinski definition) is 3. The molecule has 1 aliphatic heterocycles. The van der Waals surface area contributed by atoms with Crippen molar-refractivity contribution in [1.29, 1.82) is 5.26 Å². The van der Waals surface area contributed by atoms with Crippen LogP contribution in [0.3, 0.4) is 0 Å². The number of amides is 1. The van der Waals surface area contributed by atoms with Gasteiger partial charge < -0.3 is 14.2 Å². The van der Waals surface area contributed by atoms with Gasteiger partial charge in [-0.25, -0.2) is 0 Å². The van der Waals surface area contributed by atoms with E-state index in [0.29, 0.717) is 29.4 Å². The molecule has 142 valence electrons. The van der Waals surface area contributed by atoms with E-state index in [0.717, 1.165) is 29.5 Å². The Morgan fingerprint density at radius 2 is 1.86 bits per heavy atom. The first-order valence-corrected chi connectivity index (χ1v) is 9.64. The number of ether oxygens (including phenoxy) is 1. The summed E-state index contributed by atoms with van der Waals surface area (Å²) in [6.07, 6.45) is 1.67. The molecular formula is C22H20ClN3O2. The second-order valence-corrected chi connectivity index (χ2v) is 7.47. The number of halogens is 1. The van der Waals surface area contributed by atoms with E-state index in [1.54, 1.807) is 6.07 Å². The maximum absolute atomic E-state index is 13.0. The van der Waals surface area contributed by atoms with E-state index in [2.05, 4.69) is 6.07 Å². The van der Waals surface area contributed by atoms with Gasteiger partial charge in [-0.05, 0) is 48.5 Å². The number of benzene rings is 2. The van der Waals surface area contributed by atoms with E-state index >= 15 is 0 Å². The molecule has 0 spiro atoms. The van der Waals surface area contributed by atoms with E-state index in [1.165, 1.54) is 0 Å². The fourth-order valence-electron chi connectivity index (χ4n) is 3.67. The molecule has 2 heterocycles. The van der Waals surface area contributed by atoms with Crippen molar-refractivity contribution in [3.8, 4) is 11.8 Å². The summed E-state index contributed by atoms with van der Waals surface area (Å²) in [5.74, 6) is 0.818. The molecule has 0 bridgehead atoms. The monoisotopic (exact) mass is 393 g/mol. The van der Waals surface area contributed by atoms with Crippen molar-refractivity contribution in [2.45, 2.75) is 18.9 Å². The third-order valence-electron chi connectivity index (χ3n) is 5.24. The molecule has 1 amide bonds. The summed E-state index contributed by atoms with van der Waals surface area (Å²) in [7, 11) is 1.89. The molecule has 1 fully saturated rings. The number of rotatable bonds is 3. The second-order valence-electron chi connectivity index (χ2n) is 7.04. The first-order chi connectivity index (χ1) is 13.5. The highest BCUT2D eigenvalue weighted by Crippen LogP contribution is 2.24. The lowest BCUT2D eigenvalue weighted by atomic mass is 10.1. The lowest BCUT2D eigenvalue weighted by Gasteiger charge is -2.32. The third kappa shape index (κ3) is 3.56. The Morgan fingerprint density at radius 3 is 2.54 bits per heavy atom. The Balaban J connectivity index is 1.44. The first kappa shape index (κ1) is 18.4. The van der Waals surface area contributed by atoms with Crippen molar-refractivity contribution in [1.82, 2.24) is 9.47 Å². The normalized spacial score (nSPS) is 14.8. The van der Waals surface area contributed by atoms with Gasteiger partial charge in [-0.15, -0.1) is 0 Å². The van der Waals surface area contributed by atoms with Gasteiger partial charge in [-0.1, -0.05) is 11.6 Å². The molecule has 0 saturated carbocycles. The fraction of sp³-hybridized carbons (Fsp3) is 0.273. The predicted octanol–water partition coefficient (Wildman–Crippen LogP) is 4.39. The van der Waals surface area contributed by atoms with Crippen LogP contribution in [0.15, 0.2) is 48.5 Å². The Hall–Kier alpha value is -2.97. The summed E-state index contributed by atoms with van der Waals surface area (Å²) in [5.41, 5.74) is 2.18. The van der Waals surface area contributed by atoms with E-state index < -0.39 is 0 Å². The zero-order chi connectivity index (χ0) is 19.7. The minimum atomic E-state index is 0.0159. The summed E-state index contributed by atoms with van der Waals surface area (Å²) < 4.78 is 7.91. The molecule has 0 N–H and O–H groups in total. The molecule has 28 heavy (non-hydrogen) atoms. The topological polar surface area (TPSA) is 58.3 Å². The van der Waals surface area contributed by atoms with Crippen LogP contribution in [0.1, 0.15) is 28.9 Å². The van der Waals surface area contributed by atoms with Crippen molar-refractivity contribution in [2.24, 2.45) is 7.05 Å². The highest BCUT2D eigenvalue weighted by Gasteiger charge is 2.26. The number of aromatic nitrogens is 1. The van der Waals surface area contributed by atoms with Crippen LogP contribution in [-0.4, -0.2) is 34.6 Å². The van der Waals surface area contributed by atoms with Crippen LogP contribution in [-0.2, 0) is 7.05 Å². The van der Waals surface area contributed by atoms with Crippen LogP contribution in [0.25, 0.3) is 10.9 Å². The molecule has 0 unspecified atom stereocenters. The number of carbonyl (C=O) groups is 1. The average molecular weight is 394 g/mol. The average Bonchev–Trinajstić information content (AvgIpc) is 3.05. The number of nitrogens with zero attached hydrogens (tertiary/aromatic N) is 3.